The molecule has 0 aromatic heterocycles. The van der Waals surface area contributed by atoms with Crippen molar-refractivity contribution in [1.29, 1.82) is 0 Å². The largest absolute Gasteiger partial charge is 0.415 e. The summed E-state index contributed by atoms with van der Waals surface area (Å²) in [5, 5.41) is 2.95. The van der Waals surface area contributed by atoms with Gasteiger partial charge in [0.1, 0.15) is 5.75 Å². The van der Waals surface area contributed by atoms with Gasteiger partial charge in [-0.2, -0.15) is 0 Å². The SMILES string of the molecule is O=C(/C=C/c1ccccc1)NCC1CCN(C(=O)Oc2ccccc2)CC1. The highest BCUT2D eigenvalue weighted by molar-refractivity contribution is 5.91. The molecule has 0 aliphatic carbocycles. The van der Waals surface area contributed by atoms with E-state index in [1.807, 2.05) is 48.5 Å². The molecule has 3 rings (SSSR count). The third-order valence-electron chi connectivity index (χ3n) is 4.61. The summed E-state index contributed by atoms with van der Waals surface area (Å²) < 4.78 is 5.37. The lowest BCUT2D eigenvalue weighted by Gasteiger charge is -2.31. The third kappa shape index (κ3) is 5.99. The summed E-state index contributed by atoms with van der Waals surface area (Å²) in [5.74, 6) is 0.840. The van der Waals surface area contributed by atoms with E-state index in [1.165, 1.54) is 0 Å². The molecule has 0 bridgehead atoms. The topological polar surface area (TPSA) is 58.6 Å². The fourth-order valence-corrected chi connectivity index (χ4v) is 3.01. The van der Waals surface area contributed by atoms with Crippen LogP contribution in [-0.2, 0) is 4.79 Å². The van der Waals surface area contributed by atoms with Gasteiger partial charge in [0.15, 0.2) is 0 Å². The van der Waals surface area contributed by atoms with Crippen LogP contribution in [0.4, 0.5) is 4.79 Å². The first-order valence-corrected chi connectivity index (χ1v) is 9.23. The first-order valence-electron chi connectivity index (χ1n) is 9.23. The molecule has 2 aromatic rings. The summed E-state index contributed by atoms with van der Waals surface area (Å²) >= 11 is 0. The third-order valence-corrected chi connectivity index (χ3v) is 4.61. The smallest absolute Gasteiger partial charge is 0.410 e. The number of piperidine rings is 1. The highest BCUT2D eigenvalue weighted by Gasteiger charge is 2.24. The second-order valence-electron chi connectivity index (χ2n) is 6.60. The first kappa shape index (κ1) is 18.7. The Morgan fingerprint density at radius 2 is 1.63 bits per heavy atom. The van der Waals surface area contributed by atoms with E-state index in [2.05, 4.69) is 5.32 Å². The Kier molecular flexibility index (Phi) is 6.63. The molecule has 27 heavy (non-hydrogen) atoms. The molecular formula is C22H24N2O3. The van der Waals surface area contributed by atoms with Crippen molar-refractivity contribution in [2.75, 3.05) is 19.6 Å². The maximum Gasteiger partial charge on any atom is 0.415 e. The molecule has 1 saturated heterocycles. The van der Waals surface area contributed by atoms with Crippen molar-refractivity contribution < 1.29 is 14.3 Å². The zero-order chi connectivity index (χ0) is 18.9. The van der Waals surface area contributed by atoms with Crippen molar-refractivity contribution in [2.45, 2.75) is 12.8 Å². The van der Waals surface area contributed by atoms with Gasteiger partial charge in [0.25, 0.3) is 0 Å². The van der Waals surface area contributed by atoms with Crippen molar-refractivity contribution >= 4 is 18.1 Å². The minimum Gasteiger partial charge on any atom is -0.410 e. The van der Waals surface area contributed by atoms with E-state index >= 15 is 0 Å². The Balaban J connectivity index is 1.37. The molecule has 1 aliphatic rings. The van der Waals surface area contributed by atoms with Crippen LogP contribution in [0, 0.1) is 5.92 Å². The van der Waals surface area contributed by atoms with Crippen molar-refractivity contribution in [1.82, 2.24) is 10.2 Å². The van der Waals surface area contributed by atoms with E-state index in [4.69, 9.17) is 4.74 Å². The summed E-state index contributed by atoms with van der Waals surface area (Å²) in [6.45, 7) is 1.91. The molecule has 0 atom stereocenters. The van der Waals surface area contributed by atoms with Gasteiger partial charge in [-0.1, -0.05) is 48.5 Å². The van der Waals surface area contributed by atoms with Gasteiger partial charge in [-0.05, 0) is 42.5 Å². The molecule has 1 N–H and O–H groups in total. The number of rotatable bonds is 5. The van der Waals surface area contributed by atoms with Crippen LogP contribution in [0.3, 0.4) is 0 Å². The molecule has 0 spiro atoms. The lowest BCUT2D eigenvalue weighted by molar-refractivity contribution is -0.116. The van der Waals surface area contributed by atoms with Gasteiger partial charge in [-0.3, -0.25) is 4.79 Å². The molecule has 2 aromatic carbocycles. The molecule has 1 aliphatic heterocycles. The van der Waals surface area contributed by atoms with Crippen LogP contribution in [0.5, 0.6) is 5.75 Å². The predicted molar refractivity (Wildman–Crippen MR) is 105 cm³/mol. The number of carbonyl (C=O) groups is 2. The van der Waals surface area contributed by atoms with Gasteiger partial charge >= 0.3 is 6.09 Å². The highest BCUT2D eigenvalue weighted by atomic mass is 16.6. The lowest BCUT2D eigenvalue weighted by atomic mass is 9.97. The van der Waals surface area contributed by atoms with Crippen LogP contribution in [0.1, 0.15) is 18.4 Å². The fraction of sp³-hybridized carbons (Fsp3) is 0.273. The van der Waals surface area contributed by atoms with Gasteiger partial charge < -0.3 is 15.0 Å². The molecule has 5 heteroatoms. The van der Waals surface area contributed by atoms with Crippen molar-refractivity contribution in [3.05, 3.63) is 72.3 Å². The van der Waals surface area contributed by atoms with E-state index < -0.39 is 0 Å². The molecule has 0 radical (unpaired) electrons. The molecule has 1 fully saturated rings. The van der Waals surface area contributed by atoms with Gasteiger partial charge in [0, 0.05) is 25.7 Å². The average Bonchev–Trinajstić information content (AvgIpc) is 2.72. The highest BCUT2D eigenvalue weighted by Crippen LogP contribution is 2.18. The van der Waals surface area contributed by atoms with Crippen LogP contribution in [0.15, 0.2) is 66.7 Å². The molecule has 2 amide bonds. The number of likely N-dealkylation sites (tertiary alicyclic amines) is 1. The first-order chi connectivity index (χ1) is 13.2. The summed E-state index contributed by atoms with van der Waals surface area (Å²) in [5.41, 5.74) is 0.998. The second-order valence-corrected chi connectivity index (χ2v) is 6.60. The minimum atomic E-state index is -0.311. The Morgan fingerprint density at radius 3 is 2.30 bits per heavy atom. The van der Waals surface area contributed by atoms with Crippen LogP contribution in [-0.4, -0.2) is 36.5 Å². The number of para-hydroxylation sites is 1. The average molecular weight is 364 g/mol. The lowest BCUT2D eigenvalue weighted by Crippen LogP contribution is -2.42. The van der Waals surface area contributed by atoms with E-state index in [9.17, 15) is 9.59 Å². The number of amides is 2. The van der Waals surface area contributed by atoms with Crippen molar-refractivity contribution in [3.63, 3.8) is 0 Å². The van der Waals surface area contributed by atoms with Gasteiger partial charge in [0.05, 0.1) is 0 Å². The quantitative estimate of drug-likeness (QED) is 0.823. The van der Waals surface area contributed by atoms with E-state index in [-0.39, 0.29) is 12.0 Å². The Bertz CT molecular complexity index is 767. The number of nitrogens with one attached hydrogen (secondary N) is 1. The van der Waals surface area contributed by atoms with Crippen LogP contribution < -0.4 is 10.1 Å². The van der Waals surface area contributed by atoms with Crippen molar-refractivity contribution in [2.24, 2.45) is 5.92 Å². The summed E-state index contributed by atoms with van der Waals surface area (Å²) in [7, 11) is 0. The molecule has 0 saturated carbocycles. The number of carbonyl (C=O) groups excluding carboxylic acids is 2. The van der Waals surface area contributed by atoms with E-state index in [1.54, 1.807) is 29.2 Å². The zero-order valence-electron chi connectivity index (χ0n) is 15.2. The summed E-state index contributed by atoms with van der Waals surface area (Å²) in [6.07, 6.45) is 4.76. The Labute approximate surface area is 159 Å². The summed E-state index contributed by atoms with van der Waals surface area (Å²) in [6, 6.07) is 18.8. The van der Waals surface area contributed by atoms with Gasteiger partial charge in [-0.25, -0.2) is 4.79 Å². The molecule has 1 heterocycles. The van der Waals surface area contributed by atoms with Crippen LogP contribution >= 0.6 is 0 Å². The second kappa shape index (κ2) is 9.57. The predicted octanol–water partition coefficient (Wildman–Crippen LogP) is 3.73. The van der Waals surface area contributed by atoms with Gasteiger partial charge in [0.2, 0.25) is 5.91 Å². The number of hydrogen-bond donors (Lipinski definition) is 1. The van der Waals surface area contributed by atoms with Crippen LogP contribution in [0.25, 0.3) is 6.08 Å². The van der Waals surface area contributed by atoms with Gasteiger partial charge in [-0.15, -0.1) is 0 Å². The molecule has 0 unspecified atom stereocenters. The molecule has 140 valence electrons. The molecule has 5 nitrogen and oxygen atoms in total. The number of nitrogens with zero attached hydrogens (tertiary/aromatic N) is 1. The number of ether oxygens (including phenoxy) is 1. The minimum absolute atomic E-state index is 0.0928. The summed E-state index contributed by atoms with van der Waals surface area (Å²) in [4.78, 5) is 25.9. The number of hydrogen-bond acceptors (Lipinski definition) is 3. The maximum absolute atomic E-state index is 12.2. The maximum atomic E-state index is 12.2. The van der Waals surface area contributed by atoms with E-state index in [0.717, 1.165) is 18.4 Å². The Hall–Kier alpha value is -3.08. The number of benzene rings is 2. The van der Waals surface area contributed by atoms with Crippen molar-refractivity contribution in [3.8, 4) is 5.75 Å². The zero-order valence-corrected chi connectivity index (χ0v) is 15.2. The molecular weight excluding hydrogens is 340 g/mol. The standard InChI is InChI=1S/C22H24N2O3/c25-21(12-11-18-7-3-1-4-8-18)23-17-19-13-15-24(16-14-19)22(26)27-20-9-5-2-6-10-20/h1-12,19H,13-17H2,(H,23,25)/b12-11+. The van der Waals surface area contributed by atoms with Crippen LogP contribution in [0.2, 0.25) is 0 Å². The normalized spacial score (nSPS) is 14.9. The fourth-order valence-electron chi connectivity index (χ4n) is 3.01. The van der Waals surface area contributed by atoms with E-state index in [0.29, 0.717) is 31.3 Å². The monoisotopic (exact) mass is 364 g/mol. The Morgan fingerprint density at radius 1 is 1.00 bits per heavy atom.